The zero-order chi connectivity index (χ0) is 11.1. The fraction of sp³-hybridized carbons (Fsp3) is 0. The number of para-hydroxylation sites is 1. The molecule has 0 bridgehead atoms. The Morgan fingerprint density at radius 1 is 0.875 bits per heavy atom. The van der Waals surface area contributed by atoms with Gasteiger partial charge in [-0.2, -0.15) is 0 Å². The lowest BCUT2D eigenvalue weighted by Gasteiger charge is -2.04. The van der Waals surface area contributed by atoms with Crippen LogP contribution in [0.1, 0.15) is 0 Å². The zero-order valence-electron chi connectivity index (χ0n) is 8.38. The Bertz CT molecular complexity index is 692. The Labute approximate surface area is 91.6 Å². The molecule has 78 valence electrons. The molecule has 2 N–H and O–H groups in total. The largest absolute Gasteiger partial charge is 0.504 e. The van der Waals surface area contributed by atoms with Gasteiger partial charge >= 0.3 is 0 Å². The Morgan fingerprint density at radius 2 is 1.69 bits per heavy atom. The highest BCUT2D eigenvalue weighted by Gasteiger charge is 2.07. The fourth-order valence-corrected chi connectivity index (χ4v) is 1.82. The first-order valence-corrected chi connectivity index (χ1v) is 4.96. The molecule has 0 aliphatic rings. The number of fused-ring (bicyclic) bond motifs is 2. The Balaban J connectivity index is 2.51. The number of benzene rings is 2. The van der Waals surface area contributed by atoms with Crippen LogP contribution in [0.3, 0.4) is 0 Å². The molecule has 3 aromatic rings. The molecule has 16 heavy (non-hydrogen) atoms. The van der Waals surface area contributed by atoms with Gasteiger partial charge in [0.25, 0.3) is 0 Å². The SMILES string of the molecule is Oc1ccc2nc3ccccc3cc2c1O. The number of phenols is 2. The van der Waals surface area contributed by atoms with Crippen LogP contribution in [0.2, 0.25) is 0 Å². The van der Waals surface area contributed by atoms with Crippen LogP contribution in [0.4, 0.5) is 0 Å². The number of nitrogens with zero attached hydrogens (tertiary/aromatic N) is 1. The van der Waals surface area contributed by atoms with Gasteiger partial charge in [-0.1, -0.05) is 18.2 Å². The molecule has 0 radical (unpaired) electrons. The standard InChI is InChI=1S/C13H9NO2/c15-12-6-5-11-9(13(12)16)7-8-3-1-2-4-10(8)14-11/h1-7,15-16H. The van der Waals surface area contributed by atoms with Crippen molar-refractivity contribution in [3.63, 3.8) is 0 Å². The highest BCUT2D eigenvalue weighted by Crippen LogP contribution is 2.34. The van der Waals surface area contributed by atoms with Crippen molar-refractivity contribution in [2.45, 2.75) is 0 Å². The third-order valence-corrected chi connectivity index (χ3v) is 2.65. The topological polar surface area (TPSA) is 53.4 Å². The quantitative estimate of drug-likeness (QED) is 0.444. The average Bonchev–Trinajstić information content (AvgIpc) is 2.32. The molecular formula is C13H9NO2. The van der Waals surface area contributed by atoms with Gasteiger partial charge in [0.1, 0.15) is 0 Å². The van der Waals surface area contributed by atoms with E-state index in [1.165, 1.54) is 6.07 Å². The number of hydrogen-bond donors (Lipinski definition) is 2. The number of phenolic OH excluding ortho intramolecular Hbond substituents is 2. The summed E-state index contributed by atoms with van der Waals surface area (Å²) < 4.78 is 0. The summed E-state index contributed by atoms with van der Waals surface area (Å²) in [6, 6.07) is 12.6. The molecule has 0 spiro atoms. The van der Waals surface area contributed by atoms with Crippen LogP contribution in [0.25, 0.3) is 21.8 Å². The van der Waals surface area contributed by atoms with Gasteiger partial charge in [0.05, 0.1) is 11.0 Å². The smallest absolute Gasteiger partial charge is 0.167 e. The summed E-state index contributed by atoms with van der Waals surface area (Å²) in [4.78, 5) is 4.41. The molecule has 0 amide bonds. The average molecular weight is 211 g/mol. The molecule has 1 heterocycles. The van der Waals surface area contributed by atoms with Crippen LogP contribution in [-0.2, 0) is 0 Å². The first kappa shape index (κ1) is 8.97. The van der Waals surface area contributed by atoms with E-state index in [9.17, 15) is 10.2 Å². The highest BCUT2D eigenvalue weighted by molar-refractivity contribution is 5.96. The summed E-state index contributed by atoms with van der Waals surface area (Å²) in [7, 11) is 0. The third-order valence-electron chi connectivity index (χ3n) is 2.65. The fourth-order valence-electron chi connectivity index (χ4n) is 1.82. The molecule has 3 rings (SSSR count). The number of rotatable bonds is 0. The predicted molar refractivity (Wildman–Crippen MR) is 62.6 cm³/mol. The van der Waals surface area contributed by atoms with Crippen LogP contribution in [0, 0.1) is 0 Å². The lowest BCUT2D eigenvalue weighted by molar-refractivity contribution is 0.408. The molecule has 0 saturated carbocycles. The van der Waals surface area contributed by atoms with Gasteiger partial charge in [-0.3, -0.25) is 0 Å². The summed E-state index contributed by atoms with van der Waals surface area (Å²) in [5.74, 6) is -0.236. The molecular weight excluding hydrogens is 202 g/mol. The predicted octanol–water partition coefficient (Wildman–Crippen LogP) is 2.80. The Morgan fingerprint density at radius 3 is 2.56 bits per heavy atom. The normalized spacial score (nSPS) is 11.0. The van der Waals surface area contributed by atoms with Gasteiger partial charge in [-0.15, -0.1) is 0 Å². The lowest BCUT2D eigenvalue weighted by atomic mass is 10.1. The molecule has 0 fully saturated rings. The van der Waals surface area contributed by atoms with E-state index in [0.29, 0.717) is 10.9 Å². The maximum absolute atomic E-state index is 9.73. The maximum Gasteiger partial charge on any atom is 0.167 e. The van der Waals surface area contributed by atoms with E-state index < -0.39 is 0 Å². The number of aromatic nitrogens is 1. The second kappa shape index (κ2) is 3.10. The van der Waals surface area contributed by atoms with Crippen molar-refractivity contribution in [2.24, 2.45) is 0 Å². The molecule has 0 aliphatic heterocycles. The van der Waals surface area contributed by atoms with E-state index in [2.05, 4.69) is 4.98 Å². The second-order valence-electron chi connectivity index (χ2n) is 3.68. The molecule has 2 aromatic carbocycles. The molecule has 0 atom stereocenters. The van der Waals surface area contributed by atoms with E-state index >= 15 is 0 Å². The second-order valence-corrected chi connectivity index (χ2v) is 3.68. The van der Waals surface area contributed by atoms with Crippen molar-refractivity contribution in [1.29, 1.82) is 0 Å². The van der Waals surface area contributed by atoms with Crippen LogP contribution in [0.5, 0.6) is 11.5 Å². The van der Waals surface area contributed by atoms with Crippen molar-refractivity contribution < 1.29 is 10.2 Å². The lowest BCUT2D eigenvalue weighted by Crippen LogP contribution is -1.82. The summed E-state index contributed by atoms with van der Waals surface area (Å²) >= 11 is 0. The van der Waals surface area contributed by atoms with Crippen molar-refractivity contribution in [2.75, 3.05) is 0 Å². The zero-order valence-corrected chi connectivity index (χ0v) is 8.38. The van der Waals surface area contributed by atoms with Crippen LogP contribution >= 0.6 is 0 Å². The van der Waals surface area contributed by atoms with Crippen molar-refractivity contribution in [1.82, 2.24) is 4.98 Å². The maximum atomic E-state index is 9.73. The van der Waals surface area contributed by atoms with Crippen LogP contribution < -0.4 is 0 Å². The first-order chi connectivity index (χ1) is 7.75. The number of aromatic hydroxyl groups is 2. The van der Waals surface area contributed by atoms with Crippen LogP contribution in [-0.4, -0.2) is 15.2 Å². The van der Waals surface area contributed by atoms with Crippen molar-refractivity contribution >= 4 is 21.8 Å². The van der Waals surface area contributed by atoms with Gasteiger partial charge in [0, 0.05) is 10.8 Å². The highest BCUT2D eigenvalue weighted by atomic mass is 16.3. The minimum Gasteiger partial charge on any atom is -0.504 e. The van der Waals surface area contributed by atoms with Crippen LogP contribution in [0.15, 0.2) is 42.5 Å². The summed E-state index contributed by atoms with van der Waals surface area (Å²) in [6.07, 6.45) is 0. The van der Waals surface area contributed by atoms with E-state index in [0.717, 1.165) is 10.9 Å². The van der Waals surface area contributed by atoms with E-state index in [1.807, 2.05) is 30.3 Å². The van der Waals surface area contributed by atoms with Crippen molar-refractivity contribution in [3.05, 3.63) is 42.5 Å². The minimum absolute atomic E-state index is 0.115. The van der Waals surface area contributed by atoms with Gasteiger partial charge in [0.2, 0.25) is 0 Å². The van der Waals surface area contributed by atoms with E-state index in [1.54, 1.807) is 6.07 Å². The van der Waals surface area contributed by atoms with E-state index in [4.69, 9.17) is 0 Å². The molecule has 0 unspecified atom stereocenters. The summed E-state index contributed by atoms with van der Waals surface area (Å²) in [5, 5.41) is 20.6. The molecule has 3 nitrogen and oxygen atoms in total. The van der Waals surface area contributed by atoms with Gasteiger partial charge in [-0.25, -0.2) is 4.98 Å². The molecule has 1 aromatic heterocycles. The van der Waals surface area contributed by atoms with Gasteiger partial charge < -0.3 is 10.2 Å². The van der Waals surface area contributed by atoms with Crippen molar-refractivity contribution in [3.8, 4) is 11.5 Å². The molecule has 0 aliphatic carbocycles. The monoisotopic (exact) mass is 211 g/mol. The third kappa shape index (κ3) is 1.18. The number of pyridine rings is 1. The molecule has 0 saturated heterocycles. The first-order valence-electron chi connectivity index (χ1n) is 4.96. The Hall–Kier alpha value is -2.29. The summed E-state index contributed by atoms with van der Waals surface area (Å²) in [5.41, 5.74) is 1.55. The Kier molecular flexibility index (Phi) is 1.74. The van der Waals surface area contributed by atoms with Gasteiger partial charge in [-0.05, 0) is 24.3 Å². The molecule has 3 heteroatoms. The summed E-state index contributed by atoms with van der Waals surface area (Å²) in [6.45, 7) is 0. The minimum atomic E-state index is -0.121. The van der Waals surface area contributed by atoms with E-state index in [-0.39, 0.29) is 11.5 Å². The van der Waals surface area contributed by atoms with Gasteiger partial charge in [0.15, 0.2) is 11.5 Å². The number of hydrogen-bond acceptors (Lipinski definition) is 3.